The number of carbonyl (C=O) groups excluding carboxylic acids is 4. The van der Waals surface area contributed by atoms with E-state index in [1.807, 2.05) is 42.5 Å². The van der Waals surface area contributed by atoms with Gasteiger partial charge in [0.2, 0.25) is 11.7 Å². The largest absolute Gasteiger partial charge is 0.497 e. The molecule has 3 N–H and O–H groups in total. The Morgan fingerprint density at radius 2 is 1.45 bits per heavy atom. The first-order chi connectivity index (χ1) is 24.3. The lowest BCUT2D eigenvalue weighted by molar-refractivity contribution is -0.344. The van der Waals surface area contributed by atoms with Gasteiger partial charge in [-0.2, -0.15) is 0 Å². The minimum absolute atomic E-state index is 0.0375. The van der Waals surface area contributed by atoms with Gasteiger partial charge in [0.1, 0.15) is 18.1 Å². The fourth-order valence-corrected chi connectivity index (χ4v) is 13.2. The Morgan fingerprint density at radius 3 is 2.12 bits per heavy atom. The molecule has 2 aromatic carbocycles. The molecule has 0 saturated heterocycles. The highest BCUT2D eigenvalue weighted by molar-refractivity contribution is 6.39. The molecule has 0 heterocycles. The van der Waals surface area contributed by atoms with Gasteiger partial charge < -0.3 is 30.2 Å². The molecule has 0 aliphatic heterocycles. The highest BCUT2D eigenvalue weighted by Crippen LogP contribution is 2.87. The molecule has 7 unspecified atom stereocenters. The number of ketones is 1. The molecule has 8 rings (SSSR count). The zero-order valence-electron chi connectivity index (χ0n) is 30.5. The number of amides is 3. The third kappa shape index (κ3) is 4.72. The van der Waals surface area contributed by atoms with Gasteiger partial charge in [0.25, 0.3) is 5.91 Å². The number of nitrogens with one attached hydrogen (secondary N) is 3. The molecule has 272 valence electrons. The third-order valence-electron chi connectivity index (χ3n) is 14.2. The summed E-state index contributed by atoms with van der Waals surface area (Å²) in [5.41, 5.74) is -0.430. The minimum Gasteiger partial charge on any atom is -0.497 e. The average molecular weight is 698 g/mol. The fraction of sp³-hybridized carbons (Fsp3) is 0.610. The van der Waals surface area contributed by atoms with Gasteiger partial charge in [-0.05, 0) is 91.4 Å². The van der Waals surface area contributed by atoms with E-state index in [0.29, 0.717) is 36.7 Å². The van der Waals surface area contributed by atoms with E-state index < -0.39 is 33.9 Å². The molecule has 8 atom stereocenters. The Labute approximate surface area is 300 Å². The first-order valence-corrected chi connectivity index (χ1v) is 18.7. The molecule has 10 heteroatoms. The topological polar surface area (TPSA) is 132 Å². The SMILES string of the molecule is CCC12CCC3(NC(=O)C45CC6(CC(C)C)CC(NC(=O)OCc7ccccc7)(C4)C65)C[C@@](C(=O)C(=O)NCc4cc(OC)cc(OC)c4)(C1)C23. The Morgan fingerprint density at radius 1 is 0.784 bits per heavy atom. The molecule has 6 aliphatic rings. The maximum Gasteiger partial charge on any atom is 0.407 e. The van der Waals surface area contributed by atoms with E-state index in [-0.39, 0.29) is 47.5 Å². The average Bonchev–Trinajstić information content (AvgIpc) is 3.18. The summed E-state index contributed by atoms with van der Waals surface area (Å²) in [4.78, 5) is 55.0. The molecule has 2 aromatic rings. The lowest BCUT2D eigenvalue weighted by Crippen LogP contribution is -2.92. The fourth-order valence-electron chi connectivity index (χ4n) is 13.2. The second-order valence-electron chi connectivity index (χ2n) is 17.4. The van der Waals surface area contributed by atoms with Crippen LogP contribution in [0.25, 0.3) is 0 Å². The Kier molecular flexibility index (Phi) is 7.65. The lowest BCUT2D eigenvalue weighted by atomic mass is 9.18. The van der Waals surface area contributed by atoms with Gasteiger partial charge in [0.05, 0.1) is 19.6 Å². The van der Waals surface area contributed by atoms with Crippen LogP contribution < -0.4 is 25.4 Å². The van der Waals surface area contributed by atoms with Crippen LogP contribution in [0.15, 0.2) is 48.5 Å². The van der Waals surface area contributed by atoms with E-state index in [9.17, 15) is 19.2 Å². The van der Waals surface area contributed by atoms with Crippen molar-refractivity contribution in [1.29, 1.82) is 0 Å². The number of Topliss-reactive ketones (excluding diaryl/α,β-unsaturated/α-hetero) is 1. The molecule has 6 saturated carbocycles. The molecule has 0 aromatic heterocycles. The van der Waals surface area contributed by atoms with Gasteiger partial charge >= 0.3 is 6.09 Å². The molecule has 0 spiro atoms. The number of rotatable bonds is 14. The molecule has 6 aliphatic carbocycles. The smallest absolute Gasteiger partial charge is 0.407 e. The molecule has 0 radical (unpaired) electrons. The minimum atomic E-state index is -0.738. The molecule has 6 fully saturated rings. The van der Waals surface area contributed by atoms with Gasteiger partial charge in [-0.3, -0.25) is 14.4 Å². The molecular weight excluding hydrogens is 646 g/mol. The van der Waals surface area contributed by atoms with Crippen molar-refractivity contribution in [3.05, 3.63) is 59.7 Å². The van der Waals surface area contributed by atoms with Crippen molar-refractivity contribution < 1.29 is 33.4 Å². The second kappa shape index (κ2) is 11.5. The maximum atomic E-state index is 14.5. The Balaban J connectivity index is 0.949. The van der Waals surface area contributed by atoms with E-state index in [1.54, 1.807) is 20.3 Å². The summed E-state index contributed by atoms with van der Waals surface area (Å²) in [5.74, 6) is 0.859. The van der Waals surface area contributed by atoms with E-state index in [1.165, 1.54) is 0 Å². The van der Waals surface area contributed by atoms with Crippen molar-refractivity contribution in [1.82, 2.24) is 16.0 Å². The summed E-state index contributed by atoms with van der Waals surface area (Å²) in [6.07, 6.45) is 6.80. The summed E-state index contributed by atoms with van der Waals surface area (Å²) >= 11 is 0. The maximum absolute atomic E-state index is 14.5. The first kappa shape index (κ1) is 34.0. The van der Waals surface area contributed by atoms with Crippen LogP contribution in [0, 0.1) is 39.4 Å². The summed E-state index contributed by atoms with van der Waals surface area (Å²) in [7, 11) is 3.14. The van der Waals surface area contributed by atoms with Crippen LogP contribution in [-0.2, 0) is 32.3 Å². The number of ether oxygens (including phenoxy) is 3. The molecular formula is C41H51N3O7. The zero-order chi connectivity index (χ0) is 36.0. The monoisotopic (exact) mass is 697 g/mol. The van der Waals surface area contributed by atoms with Gasteiger partial charge in [0, 0.05) is 40.9 Å². The van der Waals surface area contributed by atoms with E-state index in [2.05, 4.69) is 36.7 Å². The predicted molar refractivity (Wildman–Crippen MR) is 189 cm³/mol. The van der Waals surface area contributed by atoms with E-state index in [0.717, 1.165) is 49.7 Å². The number of benzene rings is 2. The lowest BCUT2D eigenvalue weighted by Gasteiger charge is -2.86. The van der Waals surface area contributed by atoms with Crippen LogP contribution in [0.3, 0.4) is 0 Å². The third-order valence-corrected chi connectivity index (χ3v) is 14.2. The summed E-state index contributed by atoms with van der Waals surface area (Å²) in [6, 6.07) is 15.0. The molecule has 10 nitrogen and oxygen atoms in total. The normalized spacial score (nSPS) is 37.1. The molecule has 51 heavy (non-hydrogen) atoms. The number of alkyl carbamates (subject to hydrolysis) is 1. The highest BCUT2D eigenvalue weighted by atomic mass is 16.5. The van der Waals surface area contributed by atoms with Gasteiger partial charge in [-0.25, -0.2) is 4.79 Å². The molecule has 3 amide bonds. The van der Waals surface area contributed by atoms with Gasteiger partial charge in [-0.15, -0.1) is 0 Å². The van der Waals surface area contributed by atoms with E-state index >= 15 is 0 Å². The van der Waals surface area contributed by atoms with Crippen LogP contribution in [0.2, 0.25) is 0 Å². The summed E-state index contributed by atoms with van der Waals surface area (Å²) in [5, 5.41) is 9.65. The van der Waals surface area contributed by atoms with Gasteiger partial charge in [-0.1, -0.05) is 57.5 Å². The zero-order valence-corrected chi connectivity index (χ0v) is 30.5. The number of carbonyl (C=O) groups is 4. The van der Waals surface area contributed by atoms with Crippen LogP contribution in [0.5, 0.6) is 11.5 Å². The number of hydrogen-bond donors (Lipinski definition) is 3. The summed E-state index contributed by atoms with van der Waals surface area (Å²) in [6.45, 7) is 7.00. The van der Waals surface area contributed by atoms with Crippen molar-refractivity contribution in [3.8, 4) is 11.5 Å². The van der Waals surface area contributed by atoms with Crippen molar-refractivity contribution in [2.75, 3.05) is 14.2 Å². The first-order valence-electron chi connectivity index (χ1n) is 18.7. The molecule has 0 bridgehead atoms. The predicted octanol–water partition coefficient (Wildman–Crippen LogP) is 5.86. The van der Waals surface area contributed by atoms with Crippen LogP contribution in [0.4, 0.5) is 4.79 Å². The quantitative estimate of drug-likeness (QED) is 0.211. The van der Waals surface area contributed by atoms with Crippen molar-refractivity contribution in [3.63, 3.8) is 0 Å². The Bertz CT molecular complexity index is 1780. The van der Waals surface area contributed by atoms with Crippen LogP contribution in [-0.4, -0.2) is 49.0 Å². The highest BCUT2D eigenvalue weighted by Gasteiger charge is 2.90. The second-order valence-corrected chi connectivity index (χ2v) is 17.4. The Hall–Kier alpha value is -4.08. The van der Waals surface area contributed by atoms with Crippen molar-refractivity contribution >= 4 is 23.7 Å². The van der Waals surface area contributed by atoms with Gasteiger partial charge in [0.15, 0.2) is 0 Å². The standard InChI is InChI=1S/C41H51N3O7/c1-6-36-12-13-40(23-38(20-36,32(36)40)30(45)31(46)42-18-27-14-28(49-4)16-29(15-27)50-5)43-34(47)39-21-37(17-25(2)3)22-41(24-39,33(37)39)44-35(48)51-19-26-10-8-7-9-11-26/h7-11,14-16,25,32-33H,6,12-13,17-24H2,1-5H3,(H,42,46)(H,43,47)(H,44,48)/t32?,33?,36?,37?,38-,39?,40?,41?/m1/s1. The number of hydrogen-bond acceptors (Lipinski definition) is 7. The van der Waals surface area contributed by atoms with Crippen LogP contribution >= 0.6 is 0 Å². The number of methoxy groups -OCH3 is 2. The van der Waals surface area contributed by atoms with E-state index in [4.69, 9.17) is 14.2 Å². The van der Waals surface area contributed by atoms with Crippen molar-refractivity contribution in [2.45, 2.75) is 103 Å². The van der Waals surface area contributed by atoms with Crippen molar-refractivity contribution in [2.24, 2.45) is 39.4 Å². The van der Waals surface area contributed by atoms with Crippen LogP contribution in [0.1, 0.15) is 89.7 Å². The summed E-state index contributed by atoms with van der Waals surface area (Å²) < 4.78 is 16.3.